The smallest absolute Gasteiger partial charge is 0.126 e. The highest BCUT2D eigenvalue weighted by Crippen LogP contribution is 2.45. The Morgan fingerprint density at radius 3 is 1.19 bits per heavy atom. The highest BCUT2D eigenvalue weighted by molar-refractivity contribution is 7.78. The van der Waals surface area contributed by atoms with E-state index < -0.39 is 23.9 Å². The van der Waals surface area contributed by atoms with Gasteiger partial charge in [0, 0.05) is 27.4 Å². The summed E-state index contributed by atoms with van der Waals surface area (Å²) in [5.41, 5.74) is 0. The van der Waals surface area contributed by atoms with Crippen LogP contribution in [0.5, 0.6) is 11.5 Å². The molecule has 6 radical (unpaired) electrons. The summed E-state index contributed by atoms with van der Waals surface area (Å²) in [6.07, 6.45) is 0. The van der Waals surface area contributed by atoms with Crippen molar-refractivity contribution >= 4 is 62.0 Å². The second kappa shape index (κ2) is 14.6. The van der Waals surface area contributed by atoms with E-state index in [1.807, 2.05) is 0 Å². The number of rotatable bonds is 10. The molecule has 0 aliphatic rings. The van der Waals surface area contributed by atoms with Gasteiger partial charge in [-0.25, -0.2) is 0 Å². The topological polar surface area (TPSA) is 18.5 Å². The summed E-state index contributed by atoms with van der Waals surface area (Å²) in [6.45, 7) is 5.13. The van der Waals surface area contributed by atoms with E-state index in [-0.39, 0.29) is 16.8 Å². The molecule has 4 aromatic rings. The van der Waals surface area contributed by atoms with Crippen LogP contribution >= 0.6 is 15.8 Å². The van der Waals surface area contributed by atoms with Crippen molar-refractivity contribution in [2.75, 3.05) is 25.8 Å². The molecule has 4 aromatic carbocycles. The van der Waals surface area contributed by atoms with Gasteiger partial charge in [0.05, 0.1) is 22.3 Å². The Morgan fingerprint density at radius 2 is 0.838 bits per heavy atom. The number of hydrogen-bond donors (Lipinski definition) is 0. The summed E-state index contributed by atoms with van der Waals surface area (Å²) in [4.78, 5) is 0. The van der Waals surface area contributed by atoms with Crippen LogP contribution in [0.4, 0.5) is 0 Å². The minimum Gasteiger partial charge on any atom is -0.496 e. The van der Waals surface area contributed by atoms with Gasteiger partial charge in [0.25, 0.3) is 0 Å². The van der Waals surface area contributed by atoms with Gasteiger partial charge in [-0.3, -0.25) is 0 Å². The predicted molar refractivity (Wildman–Crippen MR) is 170 cm³/mol. The third-order valence-electron chi connectivity index (χ3n) is 6.06. The maximum Gasteiger partial charge on any atom is 0.126 e. The predicted octanol–water partition coefficient (Wildman–Crippen LogP) is 5.29. The van der Waals surface area contributed by atoms with E-state index >= 15 is 0 Å². The quantitative estimate of drug-likeness (QED) is 0.202. The molecule has 0 saturated carbocycles. The van der Waals surface area contributed by atoms with Gasteiger partial charge in [-0.2, -0.15) is 0 Å². The Morgan fingerprint density at radius 1 is 0.514 bits per heavy atom. The first kappa shape index (κ1) is 30.9. The van der Waals surface area contributed by atoms with Gasteiger partial charge in [-0.05, 0) is 50.2 Å². The first-order valence-electron chi connectivity index (χ1n) is 11.9. The molecule has 0 N–H and O–H groups in total. The molecule has 37 heavy (non-hydrogen) atoms. The molecule has 0 aliphatic heterocycles. The van der Waals surface area contributed by atoms with Gasteiger partial charge in [-0.1, -0.05) is 110 Å². The molecular formula is C30H34B2O2P2Si. The van der Waals surface area contributed by atoms with Crippen molar-refractivity contribution in [2.45, 2.75) is 13.1 Å². The summed E-state index contributed by atoms with van der Waals surface area (Å²) < 4.78 is 11.7. The zero-order chi connectivity index (χ0) is 24.7. The largest absolute Gasteiger partial charge is 0.496 e. The van der Waals surface area contributed by atoms with Gasteiger partial charge >= 0.3 is 0 Å². The van der Waals surface area contributed by atoms with Crippen molar-refractivity contribution in [3.8, 4) is 11.5 Å². The third kappa shape index (κ3) is 7.84. The molecule has 0 saturated heterocycles. The summed E-state index contributed by atoms with van der Waals surface area (Å²) in [5, 5.41) is 5.54. The lowest BCUT2D eigenvalue weighted by molar-refractivity contribution is 0.418. The van der Waals surface area contributed by atoms with E-state index in [9.17, 15) is 0 Å². The lowest BCUT2D eigenvalue weighted by Crippen LogP contribution is -2.40. The van der Waals surface area contributed by atoms with Crippen molar-refractivity contribution in [1.29, 1.82) is 0 Å². The van der Waals surface area contributed by atoms with Crippen molar-refractivity contribution in [3.05, 3.63) is 109 Å². The molecule has 0 fully saturated rings. The molecule has 0 bridgehead atoms. The molecule has 0 aliphatic carbocycles. The zero-order valence-electron chi connectivity index (χ0n) is 22.2. The van der Waals surface area contributed by atoms with Crippen LogP contribution in [-0.4, -0.2) is 50.7 Å². The standard InChI is InChI=1S/C30H34O2P2Si.2B/c1-31-27-19-11-13-21-29(27)33(25-15-7-5-8-16-25)23-35(3,4)24-34(26-17-9-6-10-18-26)30-22-14-12-20-28(30)32-2;;/h5-22H,23-24H2,1-4H3;;/t33-,34-;;/m0../s1. The van der Waals surface area contributed by atoms with Crippen LogP contribution in [-0.2, 0) is 0 Å². The lowest BCUT2D eigenvalue weighted by atomic mass is 10.3. The molecule has 0 aromatic heterocycles. The SMILES string of the molecule is COc1ccccc1[P@@](C[Si](C)(C)C[P@@](c1ccccc1)c1ccccc1OC)c1ccccc1.[B].[B]. The monoisotopic (exact) mass is 538 g/mol. The summed E-state index contributed by atoms with van der Waals surface area (Å²) in [6, 6.07) is 39.2. The van der Waals surface area contributed by atoms with Crippen molar-refractivity contribution in [1.82, 2.24) is 0 Å². The maximum atomic E-state index is 5.83. The fourth-order valence-electron chi connectivity index (χ4n) is 4.46. The molecule has 0 heterocycles. The van der Waals surface area contributed by atoms with Crippen molar-refractivity contribution in [3.63, 3.8) is 0 Å². The van der Waals surface area contributed by atoms with E-state index in [1.165, 1.54) is 32.8 Å². The second-order valence-electron chi connectivity index (χ2n) is 9.35. The Kier molecular flexibility index (Phi) is 12.2. The fourth-order valence-corrected chi connectivity index (χ4v) is 18.4. The molecular weight excluding hydrogens is 504 g/mol. The Bertz CT molecular complexity index is 1130. The molecule has 0 amide bonds. The second-order valence-corrected chi connectivity index (χ2v) is 19.9. The normalized spacial score (nSPS) is 12.4. The van der Waals surface area contributed by atoms with E-state index in [0.717, 1.165) is 11.5 Å². The van der Waals surface area contributed by atoms with E-state index in [0.29, 0.717) is 0 Å². The van der Waals surface area contributed by atoms with Crippen LogP contribution in [0.2, 0.25) is 13.1 Å². The maximum absolute atomic E-state index is 5.83. The lowest BCUT2D eigenvalue weighted by Gasteiger charge is -2.33. The summed E-state index contributed by atoms with van der Waals surface area (Å²) in [7, 11) is 0.832. The zero-order valence-corrected chi connectivity index (χ0v) is 25.0. The molecule has 186 valence electrons. The van der Waals surface area contributed by atoms with Crippen LogP contribution in [0.3, 0.4) is 0 Å². The molecule has 2 atom stereocenters. The van der Waals surface area contributed by atoms with E-state index in [2.05, 4.69) is 122 Å². The number of para-hydroxylation sites is 2. The highest BCUT2D eigenvalue weighted by Gasteiger charge is 2.33. The Hall–Kier alpha value is -2.31. The highest BCUT2D eigenvalue weighted by atomic mass is 31.1. The van der Waals surface area contributed by atoms with Crippen molar-refractivity contribution < 1.29 is 9.47 Å². The van der Waals surface area contributed by atoms with E-state index in [1.54, 1.807) is 14.2 Å². The molecule has 2 nitrogen and oxygen atoms in total. The van der Waals surface area contributed by atoms with Crippen LogP contribution in [0, 0.1) is 0 Å². The minimum absolute atomic E-state index is 0. The Labute approximate surface area is 230 Å². The molecule has 0 spiro atoms. The minimum atomic E-state index is -1.69. The number of benzene rings is 4. The van der Waals surface area contributed by atoms with Crippen molar-refractivity contribution in [2.24, 2.45) is 0 Å². The summed E-state index contributed by atoms with van der Waals surface area (Å²) in [5.74, 6) is 4.44. The average Bonchev–Trinajstić information content (AvgIpc) is 2.91. The molecule has 4 rings (SSSR count). The fraction of sp³-hybridized carbons (Fsp3) is 0.200. The molecule has 0 unspecified atom stereocenters. The summed E-state index contributed by atoms with van der Waals surface area (Å²) >= 11 is 0. The third-order valence-corrected chi connectivity index (χ3v) is 19.2. The van der Waals surface area contributed by atoms with Crippen LogP contribution in [0.15, 0.2) is 109 Å². The molecule has 7 heteroatoms. The average molecular weight is 538 g/mol. The number of hydrogen-bond acceptors (Lipinski definition) is 2. The van der Waals surface area contributed by atoms with Gasteiger partial charge in [-0.15, -0.1) is 0 Å². The van der Waals surface area contributed by atoms with Gasteiger partial charge in [0.2, 0.25) is 0 Å². The van der Waals surface area contributed by atoms with Gasteiger partial charge in [0.15, 0.2) is 0 Å². The first-order chi connectivity index (χ1) is 17.0. The van der Waals surface area contributed by atoms with Gasteiger partial charge < -0.3 is 9.47 Å². The van der Waals surface area contributed by atoms with Gasteiger partial charge in [0.1, 0.15) is 11.5 Å². The van der Waals surface area contributed by atoms with Crippen LogP contribution in [0.1, 0.15) is 0 Å². The van der Waals surface area contributed by atoms with Crippen LogP contribution < -0.4 is 30.7 Å². The van der Waals surface area contributed by atoms with Crippen LogP contribution in [0.25, 0.3) is 0 Å². The number of ether oxygens (including phenoxy) is 2. The Balaban J connectivity index is 0.00000241. The number of methoxy groups -OCH3 is 2. The first-order valence-corrected chi connectivity index (χ1v) is 18.4. The van der Waals surface area contributed by atoms with E-state index in [4.69, 9.17) is 9.47 Å².